The maximum Gasteiger partial charge on any atom is 0.251 e. The molecule has 1 aliphatic rings. The monoisotopic (exact) mass is 403 g/mol. The van der Waals surface area contributed by atoms with Gasteiger partial charge in [-0.05, 0) is 49.9 Å². The topological polar surface area (TPSA) is 88.2 Å². The smallest absolute Gasteiger partial charge is 0.251 e. The van der Waals surface area contributed by atoms with Crippen LogP contribution in [0.25, 0.3) is 0 Å². The summed E-state index contributed by atoms with van der Waals surface area (Å²) >= 11 is 1.74. The molecule has 1 amide bonds. The van der Waals surface area contributed by atoms with E-state index in [1.807, 2.05) is 0 Å². The minimum absolute atomic E-state index is 0.0719. The van der Waals surface area contributed by atoms with E-state index in [0.717, 1.165) is 17.8 Å². The first kappa shape index (κ1) is 19.5. The normalized spacial score (nSPS) is 13.6. The zero-order valence-corrected chi connectivity index (χ0v) is 16.5. The van der Waals surface area contributed by atoms with Crippen LogP contribution in [0.15, 0.2) is 29.2 Å². The average molecular weight is 404 g/mol. The average Bonchev–Trinajstić information content (AvgIpc) is 3.09. The Kier molecular flexibility index (Phi) is 6.26. The van der Waals surface area contributed by atoms with Crippen LogP contribution in [0.2, 0.25) is 0 Å². The Labute approximate surface area is 163 Å². The quantitative estimate of drug-likeness (QED) is 0.691. The third kappa shape index (κ3) is 4.95. The predicted molar refractivity (Wildman–Crippen MR) is 105 cm³/mol. The third-order valence-corrected chi connectivity index (χ3v) is 6.94. The number of hydrogen-bond acceptors (Lipinski definition) is 5. The van der Waals surface area contributed by atoms with Crippen molar-refractivity contribution in [2.45, 2.75) is 37.0 Å². The Balaban J connectivity index is 1.54. The third-order valence-electron chi connectivity index (χ3n) is 4.31. The van der Waals surface area contributed by atoms with Crippen molar-refractivity contribution >= 4 is 27.3 Å². The number of fused-ring (bicyclic) bond motifs is 1. The SMILES string of the molecule is C#CCNS(=O)(=O)c1ccc(C(=O)NCCc2nc3c(s2)CCCC3)cc1. The number of terminal acetylenes is 1. The Morgan fingerprint density at radius 1 is 1.22 bits per heavy atom. The van der Waals surface area contributed by atoms with Crippen molar-refractivity contribution in [1.82, 2.24) is 15.0 Å². The second-order valence-corrected chi connectivity index (χ2v) is 9.18. The van der Waals surface area contributed by atoms with Gasteiger partial charge in [0.2, 0.25) is 10.0 Å². The summed E-state index contributed by atoms with van der Waals surface area (Å²) in [5.74, 6) is 1.98. The zero-order chi connectivity index (χ0) is 19.3. The van der Waals surface area contributed by atoms with E-state index in [1.54, 1.807) is 11.3 Å². The predicted octanol–water partition coefficient (Wildman–Crippen LogP) is 1.91. The highest BCUT2D eigenvalue weighted by Crippen LogP contribution is 2.26. The Hall–Kier alpha value is -2.21. The number of nitrogens with one attached hydrogen (secondary N) is 2. The Bertz CT molecular complexity index is 934. The summed E-state index contributed by atoms with van der Waals surface area (Å²) in [7, 11) is -3.65. The lowest BCUT2D eigenvalue weighted by atomic mass is 10.0. The van der Waals surface area contributed by atoms with Gasteiger partial charge >= 0.3 is 0 Å². The van der Waals surface area contributed by atoms with E-state index in [-0.39, 0.29) is 17.3 Å². The molecule has 6 nitrogen and oxygen atoms in total. The maximum absolute atomic E-state index is 12.2. The fourth-order valence-corrected chi connectivity index (χ4v) is 4.99. The maximum atomic E-state index is 12.2. The summed E-state index contributed by atoms with van der Waals surface area (Å²) in [6, 6.07) is 5.76. The molecule has 1 heterocycles. The van der Waals surface area contributed by atoms with Gasteiger partial charge < -0.3 is 5.32 Å². The van der Waals surface area contributed by atoms with E-state index in [0.29, 0.717) is 18.5 Å². The summed E-state index contributed by atoms with van der Waals surface area (Å²) < 4.78 is 26.2. The van der Waals surface area contributed by atoms with Crippen LogP contribution in [0.3, 0.4) is 0 Å². The number of benzene rings is 1. The summed E-state index contributed by atoms with van der Waals surface area (Å²) in [6.45, 7) is 0.416. The van der Waals surface area contributed by atoms with Crippen LogP contribution in [-0.2, 0) is 29.3 Å². The fraction of sp³-hybridized carbons (Fsp3) is 0.368. The van der Waals surface area contributed by atoms with Crippen molar-refractivity contribution in [3.63, 3.8) is 0 Å². The van der Waals surface area contributed by atoms with Crippen molar-refractivity contribution in [3.8, 4) is 12.3 Å². The molecule has 0 spiro atoms. The molecule has 0 saturated heterocycles. The van der Waals surface area contributed by atoms with Crippen LogP contribution in [0.5, 0.6) is 0 Å². The van der Waals surface area contributed by atoms with Gasteiger partial charge in [-0.25, -0.2) is 13.4 Å². The molecule has 0 radical (unpaired) electrons. The van der Waals surface area contributed by atoms with Gasteiger partial charge in [0.25, 0.3) is 5.91 Å². The number of hydrogen-bond donors (Lipinski definition) is 2. The molecule has 0 saturated carbocycles. The van der Waals surface area contributed by atoms with Crippen LogP contribution in [0, 0.1) is 12.3 Å². The van der Waals surface area contributed by atoms with Gasteiger partial charge in [0.15, 0.2) is 0 Å². The second kappa shape index (κ2) is 8.65. The van der Waals surface area contributed by atoms with Crippen molar-refractivity contribution in [1.29, 1.82) is 0 Å². The van der Waals surface area contributed by atoms with Gasteiger partial charge in [0, 0.05) is 23.4 Å². The molecule has 2 aromatic rings. The van der Waals surface area contributed by atoms with E-state index in [9.17, 15) is 13.2 Å². The standard InChI is InChI=1S/C19H21N3O3S2/c1-2-12-21-27(24,25)15-9-7-14(8-10-15)19(23)20-13-11-18-22-16-5-3-4-6-17(16)26-18/h1,7-10,21H,3-6,11-13H2,(H,20,23). The van der Waals surface area contributed by atoms with Crippen molar-refractivity contribution in [2.75, 3.05) is 13.1 Å². The highest BCUT2D eigenvalue weighted by molar-refractivity contribution is 7.89. The van der Waals surface area contributed by atoms with Crippen molar-refractivity contribution < 1.29 is 13.2 Å². The lowest BCUT2D eigenvalue weighted by Gasteiger charge is -2.07. The van der Waals surface area contributed by atoms with Crippen LogP contribution in [0.4, 0.5) is 0 Å². The number of rotatable bonds is 7. The second-order valence-electron chi connectivity index (χ2n) is 6.24. The summed E-state index contributed by atoms with van der Waals surface area (Å²) in [4.78, 5) is 18.4. The highest BCUT2D eigenvalue weighted by atomic mass is 32.2. The number of sulfonamides is 1. The number of aromatic nitrogens is 1. The molecule has 8 heteroatoms. The number of thiazole rings is 1. The largest absolute Gasteiger partial charge is 0.352 e. The molecule has 2 N–H and O–H groups in total. The van der Waals surface area contributed by atoms with Gasteiger partial charge in [-0.1, -0.05) is 5.92 Å². The molecule has 0 aliphatic heterocycles. The van der Waals surface area contributed by atoms with Crippen molar-refractivity contribution in [3.05, 3.63) is 45.4 Å². The molecule has 27 heavy (non-hydrogen) atoms. The van der Waals surface area contributed by atoms with Crippen LogP contribution in [0.1, 0.15) is 38.8 Å². The highest BCUT2D eigenvalue weighted by Gasteiger charge is 2.16. The fourth-order valence-electron chi connectivity index (χ4n) is 2.90. The first-order valence-corrected chi connectivity index (χ1v) is 11.1. The minimum atomic E-state index is -3.65. The van der Waals surface area contributed by atoms with E-state index in [1.165, 1.54) is 47.7 Å². The minimum Gasteiger partial charge on any atom is -0.352 e. The molecule has 0 atom stereocenters. The summed E-state index contributed by atoms with van der Waals surface area (Å²) in [5, 5.41) is 3.91. The van der Waals surface area contributed by atoms with Crippen LogP contribution < -0.4 is 10.0 Å². The molecular weight excluding hydrogens is 382 g/mol. The number of nitrogens with zero attached hydrogens (tertiary/aromatic N) is 1. The van der Waals surface area contributed by atoms with Gasteiger partial charge in [0.1, 0.15) is 0 Å². The molecule has 142 valence electrons. The molecule has 0 bridgehead atoms. The molecule has 3 rings (SSSR count). The zero-order valence-electron chi connectivity index (χ0n) is 14.8. The molecule has 1 aromatic carbocycles. The van der Waals surface area contributed by atoms with Gasteiger partial charge in [0.05, 0.1) is 22.1 Å². The lowest BCUT2D eigenvalue weighted by Crippen LogP contribution is -2.26. The van der Waals surface area contributed by atoms with Crippen LogP contribution >= 0.6 is 11.3 Å². The van der Waals surface area contributed by atoms with Crippen LogP contribution in [-0.4, -0.2) is 32.4 Å². The number of carbonyl (C=O) groups excluding carboxylic acids is 1. The summed E-state index contributed by atoms with van der Waals surface area (Å²) in [5.41, 5.74) is 1.63. The van der Waals surface area contributed by atoms with E-state index >= 15 is 0 Å². The molecular formula is C19H21N3O3S2. The van der Waals surface area contributed by atoms with E-state index < -0.39 is 10.0 Å². The Morgan fingerprint density at radius 3 is 2.67 bits per heavy atom. The number of carbonyl (C=O) groups is 1. The van der Waals surface area contributed by atoms with Gasteiger partial charge in [-0.2, -0.15) is 4.72 Å². The molecule has 1 aromatic heterocycles. The van der Waals surface area contributed by atoms with E-state index in [4.69, 9.17) is 6.42 Å². The first-order valence-electron chi connectivity index (χ1n) is 8.78. The van der Waals surface area contributed by atoms with Gasteiger partial charge in [-0.15, -0.1) is 17.8 Å². The molecule has 0 fully saturated rings. The molecule has 0 unspecified atom stereocenters. The number of aryl methyl sites for hydroxylation is 2. The molecule has 1 aliphatic carbocycles. The number of amides is 1. The lowest BCUT2D eigenvalue weighted by molar-refractivity contribution is 0.0954. The van der Waals surface area contributed by atoms with Gasteiger partial charge in [-0.3, -0.25) is 4.79 Å². The van der Waals surface area contributed by atoms with Crippen molar-refractivity contribution in [2.24, 2.45) is 0 Å². The summed E-state index contributed by atoms with van der Waals surface area (Å²) in [6.07, 6.45) is 10.4. The Morgan fingerprint density at radius 2 is 1.96 bits per heavy atom. The van der Waals surface area contributed by atoms with E-state index in [2.05, 4.69) is 20.9 Å². The first-order chi connectivity index (χ1) is 13.0.